The van der Waals surface area contributed by atoms with Crippen LogP contribution in [0.5, 0.6) is 0 Å². The number of hydrogen-bond donors (Lipinski definition) is 0. The van der Waals surface area contributed by atoms with Crippen LogP contribution in [0.4, 0.5) is 0 Å². The van der Waals surface area contributed by atoms with Crippen molar-refractivity contribution in [2.75, 3.05) is 0 Å². The zero-order valence-corrected chi connectivity index (χ0v) is 39.4. The SMILES string of the molecule is CC.CCC.Cc1ccc(C2=CC3=C(CC(C)C=C3)C2(C)C)cc1.Cc1ccc(C2=Cc3ccccc3C2(C)C)cc1.Cc1ccc(C2=Cc3ccccc3C2(C)C)cc1. The van der Waals surface area contributed by atoms with Gasteiger partial charge in [0.05, 0.1) is 0 Å². The molecule has 1 unspecified atom stereocenters. The van der Waals surface area contributed by atoms with E-state index in [1.807, 2.05) is 13.8 Å². The lowest BCUT2D eigenvalue weighted by Crippen LogP contribution is -2.17. The van der Waals surface area contributed by atoms with Crippen LogP contribution in [0.2, 0.25) is 0 Å². The monoisotopic (exact) mass is 793 g/mol. The van der Waals surface area contributed by atoms with E-state index in [0.29, 0.717) is 5.92 Å². The van der Waals surface area contributed by atoms with E-state index in [1.165, 1.54) is 90.8 Å². The van der Waals surface area contributed by atoms with Gasteiger partial charge in [0.15, 0.2) is 0 Å². The number of aryl methyl sites for hydroxylation is 3. The van der Waals surface area contributed by atoms with Gasteiger partial charge in [-0.15, -0.1) is 0 Å². The van der Waals surface area contributed by atoms with Crippen LogP contribution in [0.1, 0.15) is 145 Å². The second-order valence-electron chi connectivity index (χ2n) is 18.5. The van der Waals surface area contributed by atoms with E-state index in [0.717, 1.165) is 0 Å². The molecule has 0 saturated carbocycles. The fraction of sp³-hybridized carbons (Fsp3) is 0.333. The summed E-state index contributed by atoms with van der Waals surface area (Å²) in [6, 6.07) is 44.0. The summed E-state index contributed by atoms with van der Waals surface area (Å²) >= 11 is 0. The van der Waals surface area contributed by atoms with Gasteiger partial charge in [0.2, 0.25) is 0 Å². The number of rotatable bonds is 3. The Morgan fingerprint density at radius 1 is 0.467 bits per heavy atom. The van der Waals surface area contributed by atoms with E-state index >= 15 is 0 Å². The summed E-state index contributed by atoms with van der Waals surface area (Å²) in [6.07, 6.45) is 14.2. The largest absolute Gasteiger partial charge is 0.0808 e. The molecule has 5 aromatic rings. The minimum atomic E-state index is 0.103. The first-order chi connectivity index (χ1) is 28.6. The Balaban J connectivity index is 0.000000162. The summed E-state index contributed by atoms with van der Waals surface area (Å²) in [5, 5.41) is 0. The van der Waals surface area contributed by atoms with Gasteiger partial charge in [-0.1, -0.05) is 244 Å². The maximum absolute atomic E-state index is 2.39. The van der Waals surface area contributed by atoms with Crippen LogP contribution in [0.3, 0.4) is 0 Å². The fourth-order valence-corrected chi connectivity index (χ4v) is 9.00. The van der Waals surface area contributed by atoms with Crippen molar-refractivity contribution < 1.29 is 0 Å². The molecular formula is C60H72. The highest BCUT2D eigenvalue weighted by atomic mass is 14.4. The molecule has 0 spiro atoms. The summed E-state index contributed by atoms with van der Waals surface area (Å²) in [4.78, 5) is 0. The summed E-state index contributed by atoms with van der Waals surface area (Å²) in [7, 11) is 0. The van der Waals surface area contributed by atoms with Crippen LogP contribution in [0.25, 0.3) is 28.9 Å². The first-order valence-electron chi connectivity index (χ1n) is 22.6. The second-order valence-corrected chi connectivity index (χ2v) is 18.5. The number of allylic oxidation sites excluding steroid dienone is 8. The Morgan fingerprint density at radius 3 is 1.15 bits per heavy atom. The van der Waals surface area contributed by atoms with Crippen molar-refractivity contribution in [2.45, 2.75) is 121 Å². The van der Waals surface area contributed by atoms with E-state index in [1.54, 1.807) is 5.57 Å². The molecule has 312 valence electrons. The molecule has 0 aromatic heterocycles. The molecule has 4 aliphatic rings. The molecule has 0 nitrogen and oxygen atoms in total. The lowest BCUT2D eigenvalue weighted by Gasteiger charge is -2.30. The van der Waals surface area contributed by atoms with Gasteiger partial charge >= 0.3 is 0 Å². The number of benzene rings is 5. The van der Waals surface area contributed by atoms with Crippen molar-refractivity contribution >= 4 is 28.9 Å². The lowest BCUT2D eigenvalue weighted by atomic mass is 9.74. The molecule has 0 amide bonds. The smallest absolute Gasteiger partial charge is 0.0158 e. The summed E-state index contributed by atoms with van der Waals surface area (Å²) in [5.74, 6) is 0.670. The van der Waals surface area contributed by atoms with Gasteiger partial charge in [0.25, 0.3) is 0 Å². The van der Waals surface area contributed by atoms with Crippen LogP contribution in [-0.2, 0) is 10.8 Å². The van der Waals surface area contributed by atoms with E-state index in [-0.39, 0.29) is 16.2 Å². The highest BCUT2D eigenvalue weighted by Crippen LogP contribution is 2.52. The van der Waals surface area contributed by atoms with E-state index in [9.17, 15) is 0 Å². The zero-order valence-electron chi connectivity index (χ0n) is 39.4. The Labute approximate surface area is 365 Å². The van der Waals surface area contributed by atoms with Crippen LogP contribution >= 0.6 is 0 Å². The third-order valence-electron chi connectivity index (χ3n) is 12.5. The topological polar surface area (TPSA) is 0 Å². The highest BCUT2D eigenvalue weighted by molar-refractivity contribution is 5.94. The van der Waals surface area contributed by atoms with Gasteiger partial charge in [-0.05, 0) is 106 Å². The molecule has 0 bridgehead atoms. The van der Waals surface area contributed by atoms with Crippen LogP contribution < -0.4 is 0 Å². The standard InChI is InChI=1S/C19H22.2C18H18.C3H8.C2H6/c1-13-5-8-15(9-6-13)18-12-16-10-7-14(2)11-17(16)19(18,3)4;2*1-13-8-10-14(11-9-13)17-12-15-6-4-5-7-16(15)18(17,2)3;1-3-2;1-2/h5-10,12,14H,11H2,1-4H3;2*4-12H,1-3H3;3H2,1-2H3;1-2H3. The summed E-state index contributed by atoms with van der Waals surface area (Å²) in [6.45, 7) is 30.9. The predicted molar refractivity (Wildman–Crippen MR) is 267 cm³/mol. The quantitative estimate of drug-likeness (QED) is 0.171. The van der Waals surface area contributed by atoms with Crippen molar-refractivity contribution in [1.82, 2.24) is 0 Å². The maximum atomic E-state index is 2.39. The average Bonchev–Trinajstić information content (AvgIpc) is 3.78. The van der Waals surface area contributed by atoms with E-state index < -0.39 is 0 Å². The van der Waals surface area contributed by atoms with Gasteiger partial charge in [0, 0.05) is 16.2 Å². The van der Waals surface area contributed by atoms with Crippen LogP contribution in [0.15, 0.2) is 151 Å². The minimum Gasteiger partial charge on any atom is -0.0808 e. The van der Waals surface area contributed by atoms with Crippen molar-refractivity contribution in [3.63, 3.8) is 0 Å². The first-order valence-corrected chi connectivity index (χ1v) is 22.6. The molecule has 0 heteroatoms. The highest BCUT2D eigenvalue weighted by Gasteiger charge is 2.37. The Hall–Kier alpha value is -5.20. The van der Waals surface area contributed by atoms with Gasteiger partial charge in [0.1, 0.15) is 0 Å². The van der Waals surface area contributed by atoms with Crippen molar-refractivity contribution in [3.8, 4) is 0 Å². The fourth-order valence-electron chi connectivity index (χ4n) is 9.00. The molecule has 5 aromatic carbocycles. The molecule has 0 saturated heterocycles. The third kappa shape index (κ3) is 9.87. The van der Waals surface area contributed by atoms with Crippen molar-refractivity contribution in [2.24, 2.45) is 11.3 Å². The Kier molecular flexibility index (Phi) is 14.9. The molecular weight excluding hydrogens is 721 g/mol. The molecule has 0 fully saturated rings. The second kappa shape index (κ2) is 19.5. The summed E-state index contributed by atoms with van der Waals surface area (Å²) in [5.41, 5.74) is 21.3. The third-order valence-corrected chi connectivity index (χ3v) is 12.5. The molecule has 0 heterocycles. The van der Waals surface area contributed by atoms with Crippen LogP contribution in [-0.4, -0.2) is 0 Å². The summed E-state index contributed by atoms with van der Waals surface area (Å²) < 4.78 is 0. The maximum Gasteiger partial charge on any atom is 0.0158 e. The molecule has 1 atom stereocenters. The molecule has 0 N–H and O–H groups in total. The normalized spacial score (nSPS) is 17.9. The molecule has 0 radical (unpaired) electrons. The predicted octanol–water partition coefficient (Wildman–Crippen LogP) is 17.4. The lowest BCUT2D eigenvalue weighted by molar-refractivity contribution is 0.539. The van der Waals surface area contributed by atoms with Gasteiger partial charge in [-0.25, -0.2) is 0 Å². The first kappa shape index (κ1) is 45.9. The average molecular weight is 793 g/mol. The van der Waals surface area contributed by atoms with Crippen molar-refractivity contribution in [3.05, 3.63) is 206 Å². The molecule has 9 rings (SSSR count). The van der Waals surface area contributed by atoms with Gasteiger partial charge < -0.3 is 0 Å². The minimum absolute atomic E-state index is 0.103. The molecule has 60 heavy (non-hydrogen) atoms. The van der Waals surface area contributed by atoms with Gasteiger partial charge in [-0.2, -0.15) is 0 Å². The molecule has 0 aliphatic heterocycles. The number of hydrogen-bond acceptors (Lipinski definition) is 0. The Bertz CT molecular complexity index is 2260. The van der Waals surface area contributed by atoms with Crippen LogP contribution in [0, 0.1) is 32.1 Å². The zero-order chi connectivity index (χ0) is 43.8. The molecule has 4 aliphatic carbocycles. The van der Waals surface area contributed by atoms with E-state index in [4.69, 9.17) is 0 Å². The Morgan fingerprint density at radius 2 is 0.800 bits per heavy atom. The van der Waals surface area contributed by atoms with Crippen molar-refractivity contribution in [1.29, 1.82) is 0 Å². The van der Waals surface area contributed by atoms with Gasteiger partial charge in [-0.3, -0.25) is 0 Å². The number of fused-ring (bicyclic) bond motifs is 2. The van der Waals surface area contributed by atoms with E-state index in [2.05, 4.69) is 235 Å².